The van der Waals surface area contributed by atoms with E-state index in [2.05, 4.69) is 41.0 Å². The monoisotopic (exact) mass is 489 g/mol. The molecule has 2 aliphatic heterocycles. The van der Waals surface area contributed by atoms with Gasteiger partial charge in [-0.05, 0) is 73.7 Å². The van der Waals surface area contributed by atoms with Crippen molar-refractivity contribution in [3.05, 3.63) is 63.6 Å². The lowest BCUT2D eigenvalue weighted by Crippen LogP contribution is -2.46. The van der Waals surface area contributed by atoms with Gasteiger partial charge in [-0.1, -0.05) is 42.3 Å². The summed E-state index contributed by atoms with van der Waals surface area (Å²) in [6.45, 7) is 8.57. The Morgan fingerprint density at radius 1 is 1.00 bits per heavy atom. The topological polar surface area (TPSA) is 36.0 Å². The molecular weight excluding hydrogens is 457 g/mol. The van der Waals surface area contributed by atoms with Crippen LogP contribution < -0.4 is 4.90 Å². The van der Waals surface area contributed by atoms with Crippen molar-refractivity contribution in [2.45, 2.75) is 45.3 Å². The SMILES string of the molecule is CCCN1CCN(c2cccc(C3CCCCN3C(=O)OCc3cc(Cl)cc(Cl)c3)c2)CC1. The van der Waals surface area contributed by atoms with Crippen molar-refractivity contribution in [3.63, 3.8) is 0 Å². The van der Waals surface area contributed by atoms with Crippen molar-refractivity contribution in [2.24, 2.45) is 0 Å². The standard InChI is InChI=1S/C26H33Cl2N3O2/c1-2-9-29-11-13-30(14-12-29)24-7-5-6-21(17-24)25-8-3-4-10-31(25)26(32)33-19-20-15-22(27)18-23(28)16-20/h5-7,15-18,25H,2-4,8-14,19H2,1H3. The summed E-state index contributed by atoms with van der Waals surface area (Å²) in [5, 5.41) is 1.08. The van der Waals surface area contributed by atoms with Gasteiger partial charge in [0.05, 0.1) is 6.04 Å². The molecule has 0 N–H and O–H groups in total. The number of hydrogen-bond acceptors (Lipinski definition) is 4. The highest BCUT2D eigenvalue weighted by atomic mass is 35.5. The normalized spacial score (nSPS) is 19.5. The lowest BCUT2D eigenvalue weighted by atomic mass is 9.95. The second kappa shape index (κ2) is 11.5. The number of piperazine rings is 1. The van der Waals surface area contributed by atoms with Crippen LogP contribution in [0.4, 0.5) is 10.5 Å². The van der Waals surface area contributed by atoms with Crippen molar-refractivity contribution in [3.8, 4) is 0 Å². The second-order valence-electron chi connectivity index (χ2n) is 8.96. The van der Waals surface area contributed by atoms with Gasteiger partial charge in [0.15, 0.2) is 0 Å². The first-order chi connectivity index (χ1) is 16.0. The zero-order chi connectivity index (χ0) is 23.2. The van der Waals surface area contributed by atoms with Gasteiger partial charge in [-0.2, -0.15) is 0 Å². The molecule has 0 spiro atoms. The first kappa shape index (κ1) is 24.2. The Morgan fingerprint density at radius 2 is 1.76 bits per heavy atom. The number of ether oxygens (including phenoxy) is 1. The number of rotatable bonds is 6. The van der Waals surface area contributed by atoms with Crippen LogP contribution in [0.1, 0.15) is 49.8 Å². The fourth-order valence-corrected chi connectivity index (χ4v) is 5.46. The Labute approximate surface area is 207 Å². The van der Waals surface area contributed by atoms with E-state index in [0.29, 0.717) is 16.6 Å². The molecule has 0 aliphatic carbocycles. The Hall–Kier alpha value is -1.95. The molecule has 33 heavy (non-hydrogen) atoms. The Bertz CT molecular complexity index is 927. The van der Waals surface area contributed by atoms with E-state index in [-0.39, 0.29) is 18.7 Å². The molecule has 2 aromatic carbocycles. The molecule has 2 fully saturated rings. The number of amides is 1. The van der Waals surface area contributed by atoms with Crippen LogP contribution in [0.25, 0.3) is 0 Å². The molecule has 2 heterocycles. The first-order valence-corrected chi connectivity index (χ1v) is 12.7. The Balaban J connectivity index is 1.42. The number of benzene rings is 2. The smallest absolute Gasteiger partial charge is 0.410 e. The average molecular weight is 490 g/mol. The predicted molar refractivity (Wildman–Crippen MR) is 135 cm³/mol. The van der Waals surface area contributed by atoms with Crippen molar-refractivity contribution >= 4 is 35.0 Å². The minimum Gasteiger partial charge on any atom is -0.445 e. The van der Waals surface area contributed by atoms with Gasteiger partial charge in [-0.25, -0.2) is 4.79 Å². The van der Waals surface area contributed by atoms with Gasteiger partial charge in [0.2, 0.25) is 0 Å². The molecule has 1 unspecified atom stereocenters. The van der Waals surface area contributed by atoms with Crippen LogP contribution in [-0.4, -0.2) is 55.2 Å². The van der Waals surface area contributed by atoms with Crippen LogP contribution in [0.3, 0.4) is 0 Å². The van der Waals surface area contributed by atoms with E-state index in [4.69, 9.17) is 27.9 Å². The summed E-state index contributed by atoms with van der Waals surface area (Å²) in [7, 11) is 0. The van der Waals surface area contributed by atoms with Crippen LogP contribution in [0.2, 0.25) is 10.0 Å². The van der Waals surface area contributed by atoms with Crippen molar-refractivity contribution in [1.82, 2.24) is 9.80 Å². The van der Waals surface area contributed by atoms with Crippen molar-refractivity contribution < 1.29 is 9.53 Å². The van der Waals surface area contributed by atoms with E-state index in [9.17, 15) is 4.79 Å². The van der Waals surface area contributed by atoms with E-state index in [1.54, 1.807) is 18.2 Å². The largest absolute Gasteiger partial charge is 0.445 e. The lowest BCUT2D eigenvalue weighted by molar-refractivity contribution is 0.0679. The third-order valence-corrected chi connectivity index (χ3v) is 6.99. The molecule has 0 radical (unpaired) electrons. The number of likely N-dealkylation sites (tertiary alicyclic amines) is 1. The van der Waals surface area contributed by atoms with Crippen molar-refractivity contribution in [2.75, 3.05) is 44.2 Å². The Morgan fingerprint density at radius 3 is 2.48 bits per heavy atom. The number of carbonyl (C=O) groups is 1. The van der Waals surface area contributed by atoms with Gasteiger partial charge in [0, 0.05) is 48.5 Å². The minimum atomic E-state index is -0.283. The summed E-state index contributed by atoms with van der Waals surface area (Å²) in [6.07, 6.45) is 3.97. The number of carbonyl (C=O) groups excluding carboxylic acids is 1. The first-order valence-electron chi connectivity index (χ1n) is 12.0. The summed E-state index contributed by atoms with van der Waals surface area (Å²) < 4.78 is 5.66. The number of halogens is 2. The summed E-state index contributed by atoms with van der Waals surface area (Å²) in [4.78, 5) is 19.9. The molecule has 5 nitrogen and oxygen atoms in total. The van der Waals surface area contributed by atoms with Crippen LogP contribution in [0, 0.1) is 0 Å². The summed E-state index contributed by atoms with van der Waals surface area (Å²) in [5.74, 6) is 0. The summed E-state index contributed by atoms with van der Waals surface area (Å²) >= 11 is 12.2. The average Bonchev–Trinajstić information content (AvgIpc) is 2.83. The molecule has 1 atom stereocenters. The fraction of sp³-hybridized carbons (Fsp3) is 0.500. The zero-order valence-corrected chi connectivity index (χ0v) is 20.8. The molecule has 1 amide bonds. The van der Waals surface area contributed by atoms with Crippen LogP contribution in [0.5, 0.6) is 0 Å². The molecule has 0 aromatic heterocycles. The van der Waals surface area contributed by atoms with Crippen LogP contribution >= 0.6 is 23.2 Å². The molecular formula is C26H33Cl2N3O2. The number of hydrogen-bond donors (Lipinski definition) is 0. The quantitative estimate of drug-likeness (QED) is 0.470. The number of anilines is 1. The minimum absolute atomic E-state index is 0.0375. The van der Waals surface area contributed by atoms with Crippen LogP contribution in [-0.2, 0) is 11.3 Å². The van der Waals surface area contributed by atoms with E-state index >= 15 is 0 Å². The van der Waals surface area contributed by atoms with Gasteiger partial charge in [-0.15, -0.1) is 0 Å². The van der Waals surface area contributed by atoms with Crippen LogP contribution in [0.15, 0.2) is 42.5 Å². The third kappa shape index (κ3) is 6.34. The van der Waals surface area contributed by atoms with Gasteiger partial charge in [0.25, 0.3) is 0 Å². The highest BCUT2D eigenvalue weighted by Crippen LogP contribution is 2.33. The maximum absolute atomic E-state index is 13.0. The molecule has 178 valence electrons. The van der Waals surface area contributed by atoms with Gasteiger partial charge in [0.1, 0.15) is 6.61 Å². The van der Waals surface area contributed by atoms with E-state index in [1.807, 2.05) is 4.90 Å². The number of nitrogens with zero attached hydrogens (tertiary/aromatic N) is 3. The second-order valence-corrected chi connectivity index (χ2v) is 9.83. The Kier molecular flexibility index (Phi) is 8.39. The molecule has 2 aliphatic rings. The molecule has 0 saturated carbocycles. The molecule has 2 aromatic rings. The van der Waals surface area contributed by atoms with Crippen molar-refractivity contribution in [1.29, 1.82) is 0 Å². The third-order valence-electron chi connectivity index (χ3n) is 6.55. The van der Waals surface area contributed by atoms with E-state index in [1.165, 1.54) is 24.2 Å². The summed E-state index contributed by atoms with van der Waals surface area (Å²) in [5.41, 5.74) is 3.22. The van der Waals surface area contributed by atoms with E-state index in [0.717, 1.165) is 51.0 Å². The zero-order valence-electron chi connectivity index (χ0n) is 19.3. The maximum Gasteiger partial charge on any atom is 0.410 e. The van der Waals surface area contributed by atoms with Gasteiger partial charge >= 0.3 is 6.09 Å². The highest BCUT2D eigenvalue weighted by Gasteiger charge is 2.29. The lowest BCUT2D eigenvalue weighted by Gasteiger charge is -2.38. The molecule has 4 rings (SSSR count). The number of piperidine rings is 1. The van der Waals surface area contributed by atoms with Gasteiger partial charge in [-0.3, -0.25) is 4.90 Å². The molecule has 0 bridgehead atoms. The predicted octanol–water partition coefficient (Wildman–Crippen LogP) is 6.39. The summed E-state index contributed by atoms with van der Waals surface area (Å²) in [6, 6.07) is 14.0. The van der Waals surface area contributed by atoms with E-state index < -0.39 is 0 Å². The fourth-order valence-electron chi connectivity index (χ4n) is 4.89. The molecule has 7 heteroatoms. The maximum atomic E-state index is 13.0. The van der Waals surface area contributed by atoms with Gasteiger partial charge < -0.3 is 14.5 Å². The molecule has 2 saturated heterocycles. The highest BCUT2D eigenvalue weighted by molar-refractivity contribution is 6.34.